The summed E-state index contributed by atoms with van der Waals surface area (Å²) in [4.78, 5) is 0. The molecule has 1 aliphatic rings. The SMILES string of the molecule is CCCCCCCCCc1cccc(OCC2CO2)c1. The van der Waals surface area contributed by atoms with Gasteiger partial charge in [-0.15, -0.1) is 0 Å². The van der Waals surface area contributed by atoms with E-state index in [1.165, 1.54) is 56.9 Å². The Hall–Kier alpha value is -1.02. The molecule has 1 aliphatic heterocycles. The molecule has 0 aromatic heterocycles. The van der Waals surface area contributed by atoms with Crippen LogP contribution in [0, 0.1) is 0 Å². The number of hydrogen-bond donors (Lipinski definition) is 0. The molecule has 0 radical (unpaired) electrons. The van der Waals surface area contributed by atoms with E-state index >= 15 is 0 Å². The number of unbranched alkanes of at least 4 members (excludes halogenated alkanes) is 6. The van der Waals surface area contributed by atoms with Gasteiger partial charge in [0, 0.05) is 0 Å². The van der Waals surface area contributed by atoms with Crippen LogP contribution in [0.5, 0.6) is 5.75 Å². The van der Waals surface area contributed by atoms with Gasteiger partial charge in [-0.2, -0.15) is 0 Å². The van der Waals surface area contributed by atoms with Gasteiger partial charge in [-0.25, -0.2) is 0 Å². The van der Waals surface area contributed by atoms with Gasteiger partial charge in [-0.1, -0.05) is 57.6 Å². The molecule has 0 saturated carbocycles. The number of epoxide rings is 1. The Morgan fingerprint density at radius 1 is 1.10 bits per heavy atom. The van der Waals surface area contributed by atoms with Gasteiger partial charge in [-0.05, 0) is 30.5 Å². The van der Waals surface area contributed by atoms with E-state index in [2.05, 4.69) is 25.1 Å². The van der Waals surface area contributed by atoms with Gasteiger partial charge < -0.3 is 9.47 Å². The van der Waals surface area contributed by atoms with Crippen LogP contribution in [0.1, 0.15) is 57.4 Å². The summed E-state index contributed by atoms with van der Waals surface area (Å²) in [7, 11) is 0. The Morgan fingerprint density at radius 2 is 1.85 bits per heavy atom. The molecule has 1 atom stereocenters. The summed E-state index contributed by atoms with van der Waals surface area (Å²) in [6.45, 7) is 3.82. The number of hydrogen-bond acceptors (Lipinski definition) is 2. The van der Waals surface area contributed by atoms with Crippen LogP contribution in [0.25, 0.3) is 0 Å². The quantitative estimate of drug-likeness (QED) is 0.429. The number of aryl methyl sites for hydroxylation is 1. The molecule has 1 aromatic carbocycles. The molecule has 1 saturated heterocycles. The minimum atomic E-state index is 0.335. The van der Waals surface area contributed by atoms with Crippen molar-refractivity contribution in [3.63, 3.8) is 0 Å². The molecular formula is C18H28O2. The monoisotopic (exact) mass is 276 g/mol. The highest BCUT2D eigenvalue weighted by atomic mass is 16.6. The van der Waals surface area contributed by atoms with Gasteiger partial charge in [0.25, 0.3) is 0 Å². The average molecular weight is 276 g/mol. The summed E-state index contributed by atoms with van der Waals surface area (Å²) >= 11 is 0. The lowest BCUT2D eigenvalue weighted by Crippen LogP contribution is -2.04. The van der Waals surface area contributed by atoms with Crippen molar-refractivity contribution in [2.75, 3.05) is 13.2 Å². The maximum absolute atomic E-state index is 5.72. The van der Waals surface area contributed by atoms with Crippen LogP contribution in [0.3, 0.4) is 0 Å². The third kappa shape index (κ3) is 6.42. The Balaban J connectivity index is 1.58. The van der Waals surface area contributed by atoms with E-state index in [4.69, 9.17) is 9.47 Å². The number of ether oxygens (including phenoxy) is 2. The highest BCUT2D eigenvalue weighted by Gasteiger charge is 2.22. The van der Waals surface area contributed by atoms with E-state index in [9.17, 15) is 0 Å². The van der Waals surface area contributed by atoms with Gasteiger partial charge >= 0.3 is 0 Å². The molecule has 2 rings (SSSR count). The molecule has 2 heteroatoms. The van der Waals surface area contributed by atoms with Crippen molar-refractivity contribution in [1.29, 1.82) is 0 Å². The smallest absolute Gasteiger partial charge is 0.119 e. The van der Waals surface area contributed by atoms with Gasteiger partial charge in [0.1, 0.15) is 18.5 Å². The van der Waals surface area contributed by atoms with Crippen molar-refractivity contribution in [3.8, 4) is 5.75 Å². The molecule has 1 unspecified atom stereocenters. The summed E-state index contributed by atoms with van der Waals surface area (Å²) in [5.74, 6) is 0.987. The van der Waals surface area contributed by atoms with Gasteiger partial charge in [-0.3, -0.25) is 0 Å². The second-order valence-electron chi connectivity index (χ2n) is 5.79. The molecule has 0 N–H and O–H groups in total. The van der Waals surface area contributed by atoms with Crippen LogP contribution in [0.4, 0.5) is 0 Å². The maximum Gasteiger partial charge on any atom is 0.119 e. The average Bonchev–Trinajstić information content (AvgIpc) is 3.29. The highest BCUT2D eigenvalue weighted by Crippen LogP contribution is 2.18. The predicted molar refractivity (Wildman–Crippen MR) is 83.4 cm³/mol. The van der Waals surface area contributed by atoms with Crippen LogP contribution >= 0.6 is 0 Å². The van der Waals surface area contributed by atoms with E-state index in [1.54, 1.807) is 0 Å². The first kappa shape index (κ1) is 15.4. The lowest BCUT2D eigenvalue weighted by atomic mass is 10.0. The number of rotatable bonds is 11. The van der Waals surface area contributed by atoms with Crippen molar-refractivity contribution in [3.05, 3.63) is 29.8 Å². The topological polar surface area (TPSA) is 21.8 Å². The second-order valence-corrected chi connectivity index (χ2v) is 5.79. The summed E-state index contributed by atoms with van der Waals surface area (Å²) < 4.78 is 10.9. The zero-order valence-corrected chi connectivity index (χ0v) is 12.8. The molecule has 1 aromatic rings. The molecule has 0 aliphatic carbocycles. The third-order valence-electron chi connectivity index (χ3n) is 3.81. The van der Waals surface area contributed by atoms with Crippen molar-refractivity contribution in [2.45, 2.75) is 64.4 Å². The molecule has 1 fully saturated rings. The molecule has 0 amide bonds. The predicted octanol–water partition coefficient (Wildman–Crippen LogP) is 4.76. The molecule has 20 heavy (non-hydrogen) atoms. The Morgan fingerprint density at radius 3 is 2.60 bits per heavy atom. The van der Waals surface area contributed by atoms with Crippen LogP contribution in [0.2, 0.25) is 0 Å². The Bertz CT molecular complexity index is 371. The zero-order valence-electron chi connectivity index (χ0n) is 12.8. The largest absolute Gasteiger partial charge is 0.491 e. The fourth-order valence-corrected chi connectivity index (χ4v) is 2.43. The van der Waals surface area contributed by atoms with Gasteiger partial charge in [0.05, 0.1) is 6.61 Å². The molecular weight excluding hydrogens is 248 g/mol. The van der Waals surface area contributed by atoms with Crippen molar-refractivity contribution < 1.29 is 9.47 Å². The van der Waals surface area contributed by atoms with Crippen molar-refractivity contribution in [1.82, 2.24) is 0 Å². The fourth-order valence-electron chi connectivity index (χ4n) is 2.43. The van der Waals surface area contributed by atoms with E-state index in [0.29, 0.717) is 12.7 Å². The Kier molecular flexibility index (Phi) is 6.93. The van der Waals surface area contributed by atoms with Gasteiger partial charge in [0.2, 0.25) is 0 Å². The first-order valence-corrected chi connectivity index (χ1v) is 8.22. The first-order valence-electron chi connectivity index (χ1n) is 8.22. The third-order valence-corrected chi connectivity index (χ3v) is 3.81. The molecule has 112 valence electrons. The molecule has 2 nitrogen and oxygen atoms in total. The molecule has 1 heterocycles. The van der Waals surface area contributed by atoms with E-state index in [1.807, 2.05) is 6.07 Å². The minimum absolute atomic E-state index is 0.335. The zero-order chi connectivity index (χ0) is 14.0. The van der Waals surface area contributed by atoms with Crippen LogP contribution in [-0.2, 0) is 11.2 Å². The lowest BCUT2D eigenvalue weighted by molar-refractivity contribution is 0.263. The normalized spacial score (nSPS) is 17.1. The number of benzene rings is 1. The summed E-state index contributed by atoms with van der Waals surface area (Å²) in [6.07, 6.45) is 11.1. The maximum atomic E-state index is 5.72. The Labute approximate surface area is 123 Å². The minimum Gasteiger partial charge on any atom is -0.491 e. The highest BCUT2D eigenvalue weighted by molar-refractivity contribution is 5.28. The standard InChI is InChI=1S/C18H28O2/c1-2-3-4-5-6-7-8-10-16-11-9-12-17(13-16)19-14-18-15-20-18/h9,11-13,18H,2-8,10,14-15H2,1H3. The van der Waals surface area contributed by atoms with Crippen molar-refractivity contribution >= 4 is 0 Å². The van der Waals surface area contributed by atoms with Crippen LogP contribution in [0.15, 0.2) is 24.3 Å². The van der Waals surface area contributed by atoms with Crippen molar-refractivity contribution in [2.24, 2.45) is 0 Å². The summed E-state index contributed by atoms with van der Waals surface area (Å²) in [6, 6.07) is 8.52. The van der Waals surface area contributed by atoms with Gasteiger partial charge in [0.15, 0.2) is 0 Å². The molecule has 0 spiro atoms. The first-order chi connectivity index (χ1) is 9.88. The lowest BCUT2D eigenvalue weighted by Gasteiger charge is -2.07. The van der Waals surface area contributed by atoms with Crippen LogP contribution < -0.4 is 4.74 Å². The second kappa shape index (κ2) is 9.02. The van der Waals surface area contributed by atoms with E-state index in [0.717, 1.165) is 12.4 Å². The van der Waals surface area contributed by atoms with E-state index in [-0.39, 0.29) is 0 Å². The summed E-state index contributed by atoms with van der Waals surface area (Å²) in [5, 5.41) is 0. The van der Waals surface area contributed by atoms with Crippen LogP contribution in [-0.4, -0.2) is 19.3 Å². The summed E-state index contributed by atoms with van der Waals surface area (Å²) in [5.41, 5.74) is 1.40. The molecule has 0 bridgehead atoms. The fraction of sp³-hybridized carbons (Fsp3) is 0.667. The van der Waals surface area contributed by atoms with E-state index < -0.39 is 0 Å².